The van der Waals surface area contributed by atoms with Crippen molar-refractivity contribution in [1.29, 1.82) is 0 Å². The number of hydrogen-bond donors (Lipinski definition) is 1. The van der Waals surface area contributed by atoms with E-state index < -0.39 is 10.1 Å². The van der Waals surface area contributed by atoms with Gasteiger partial charge in [-0.2, -0.15) is 8.42 Å². The van der Waals surface area contributed by atoms with E-state index >= 15 is 0 Å². The van der Waals surface area contributed by atoms with Crippen LogP contribution in [-0.2, 0) is 14.9 Å². The van der Waals surface area contributed by atoms with E-state index in [-0.39, 0.29) is 51.8 Å². The summed E-state index contributed by atoms with van der Waals surface area (Å²) in [5, 5.41) is 0.201. The van der Waals surface area contributed by atoms with E-state index in [0.717, 1.165) is 6.07 Å². The number of hydrogen-bond acceptors (Lipinski definition) is 4. The molecule has 0 aliphatic rings. The Morgan fingerprint density at radius 3 is 2.53 bits per heavy atom. The van der Waals surface area contributed by atoms with Gasteiger partial charge in [0, 0.05) is 41.7 Å². The molecular formula is C9H11ClNaO5S. The normalized spacial score (nSPS) is 10.8. The Kier molecular flexibility index (Phi) is 7.66. The first-order valence-electron chi connectivity index (χ1n) is 4.34. The third kappa shape index (κ3) is 5.56. The van der Waals surface area contributed by atoms with Crippen molar-refractivity contribution in [3.05, 3.63) is 23.2 Å². The molecule has 1 aromatic rings. The van der Waals surface area contributed by atoms with Crippen LogP contribution >= 0.6 is 11.6 Å². The van der Waals surface area contributed by atoms with E-state index in [4.69, 9.17) is 25.6 Å². The first kappa shape index (κ1) is 17.2. The van der Waals surface area contributed by atoms with Crippen LogP contribution in [0.15, 0.2) is 23.1 Å². The summed E-state index contributed by atoms with van der Waals surface area (Å²) in [5.74, 6) is 0.0453. The summed E-state index contributed by atoms with van der Waals surface area (Å²) in [7, 11) is -2.85. The Morgan fingerprint density at radius 2 is 2.00 bits per heavy atom. The van der Waals surface area contributed by atoms with Gasteiger partial charge in [0.1, 0.15) is 17.3 Å². The Balaban J connectivity index is 0.00000256. The van der Waals surface area contributed by atoms with Gasteiger partial charge in [0.25, 0.3) is 10.1 Å². The fourth-order valence-corrected chi connectivity index (χ4v) is 1.93. The van der Waals surface area contributed by atoms with E-state index in [1.54, 1.807) is 0 Å². The minimum atomic E-state index is -4.34. The molecule has 8 heteroatoms. The van der Waals surface area contributed by atoms with Crippen LogP contribution in [0.3, 0.4) is 0 Å². The van der Waals surface area contributed by atoms with E-state index in [1.807, 2.05) is 0 Å². The van der Waals surface area contributed by atoms with Gasteiger partial charge in [-0.3, -0.25) is 4.55 Å². The van der Waals surface area contributed by atoms with Crippen molar-refractivity contribution in [2.24, 2.45) is 0 Å². The SMILES string of the molecule is COCCOc1ccc(Cl)cc1S(=O)(=O)O.[Na]. The van der Waals surface area contributed by atoms with E-state index in [9.17, 15) is 8.42 Å². The van der Waals surface area contributed by atoms with Crippen molar-refractivity contribution in [1.82, 2.24) is 0 Å². The number of methoxy groups -OCH3 is 1. The zero-order valence-corrected chi connectivity index (χ0v) is 13.1. The van der Waals surface area contributed by atoms with Gasteiger partial charge in [0.05, 0.1) is 6.61 Å². The molecule has 17 heavy (non-hydrogen) atoms. The van der Waals surface area contributed by atoms with Crippen molar-refractivity contribution in [3.8, 4) is 5.75 Å². The molecule has 0 heterocycles. The molecule has 0 fully saturated rings. The predicted molar refractivity (Wildman–Crippen MR) is 64.4 cm³/mol. The van der Waals surface area contributed by atoms with Crippen LogP contribution in [0.1, 0.15) is 0 Å². The van der Waals surface area contributed by atoms with Gasteiger partial charge in [-0.1, -0.05) is 11.6 Å². The molecule has 0 unspecified atom stereocenters. The molecule has 0 bridgehead atoms. The zero-order chi connectivity index (χ0) is 12.2. The zero-order valence-electron chi connectivity index (χ0n) is 9.51. The second-order valence-corrected chi connectivity index (χ2v) is 4.73. The van der Waals surface area contributed by atoms with Gasteiger partial charge in [0.15, 0.2) is 0 Å². The van der Waals surface area contributed by atoms with Crippen molar-refractivity contribution in [3.63, 3.8) is 0 Å². The summed E-state index contributed by atoms with van der Waals surface area (Å²) < 4.78 is 40.9. The Labute approximate surface area is 127 Å². The van der Waals surface area contributed by atoms with E-state index in [1.165, 1.54) is 19.2 Å². The molecule has 1 rings (SSSR count). The molecule has 1 N–H and O–H groups in total. The van der Waals surface area contributed by atoms with Gasteiger partial charge < -0.3 is 9.47 Å². The van der Waals surface area contributed by atoms with Gasteiger partial charge in [-0.25, -0.2) is 0 Å². The fraction of sp³-hybridized carbons (Fsp3) is 0.333. The van der Waals surface area contributed by atoms with Crippen LogP contribution in [0.5, 0.6) is 5.75 Å². The van der Waals surface area contributed by atoms with Crippen molar-refractivity contribution >= 4 is 51.3 Å². The average Bonchev–Trinajstić information content (AvgIpc) is 2.19. The maximum atomic E-state index is 11.0. The van der Waals surface area contributed by atoms with Crippen LogP contribution in [0.4, 0.5) is 0 Å². The first-order chi connectivity index (χ1) is 7.45. The maximum Gasteiger partial charge on any atom is 0.298 e. The van der Waals surface area contributed by atoms with Crippen molar-refractivity contribution < 1.29 is 22.4 Å². The first-order valence-corrected chi connectivity index (χ1v) is 6.15. The minimum absolute atomic E-state index is 0. The fourth-order valence-electron chi connectivity index (χ4n) is 1.04. The molecule has 0 saturated carbocycles. The minimum Gasteiger partial charge on any atom is -0.490 e. The molecule has 1 radical (unpaired) electrons. The number of rotatable bonds is 5. The largest absolute Gasteiger partial charge is 0.490 e. The van der Waals surface area contributed by atoms with Crippen molar-refractivity contribution in [2.45, 2.75) is 4.90 Å². The average molecular weight is 290 g/mol. The molecule has 0 atom stereocenters. The van der Waals surface area contributed by atoms with E-state index in [2.05, 4.69) is 0 Å². The number of halogens is 1. The van der Waals surface area contributed by atoms with Gasteiger partial charge in [-0.15, -0.1) is 0 Å². The Morgan fingerprint density at radius 1 is 1.35 bits per heavy atom. The maximum absolute atomic E-state index is 11.0. The Hall–Kier alpha value is 0.180. The molecule has 5 nitrogen and oxygen atoms in total. The molecule has 0 spiro atoms. The summed E-state index contributed by atoms with van der Waals surface area (Å²) in [5.41, 5.74) is 0. The van der Waals surface area contributed by atoms with Crippen LogP contribution in [0.2, 0.25) is 5.02 Å². The summed E-state index contributed by atoms with van der Waals surface area (Å²) in [6.45, 7) is 0.494. The summed E-state index contributed by atoms with van der Waals surface area (Å²) in [4.78, 5) is -0.351. The second kappa shape index (κ2) is 7.58. The summed E-state index contributed by atoms with van der Waals surface area (Å²) in [6.07, 6.45) is 0. The molecule has 1 aromatic carbocycles. The molecular weight excluding hydrogens is 279 g/mol. The second-order valence-electron chi connectivity index (χ2n) is 2.91. The summed E-state index contributed by atoms with van der Waals surface area (Å²) >= 11 is 5.63. The molecule has 0 aliphatic heterocycles. The number of ether oxygens (including phenoxy) is 2. The van der Waals surface area contributed by atoms with Gasteiger partial charge in [0.2, 0.25) is 0 Å². The van der Waals surface area contributed by atoms with Gasteiger partial charge >= 0.3 is 0 Å². The molecule has 0 aromatic heterocycles. The van der Waals surface area contributed by atoms with Crippen LogP contribution in [-0.4, -0.2) is 62.9 Å². The van der Waals surface area contributed by atoms with Crippen LogP contribution in [0.25, 0.3) is 0 Å². The summed E-state index contributed by atoms with van der Waals surface area (Å²) in [6, 6.07) is 3.97. The van der Waals surface area contributed by atoms with Crippen molar-refractivity contribution in [2.75, 3.05) is 20.3 Å². The third-order valence-corrected chi connectivity index (χ3v) is 2.84. The standard InChI is InChI=1S/C9H11ClO5S.Na/c1-14-4-5-15-8-3-2-7(10)6-9(8)16(11,12)13;/h2-3,6H,4-5H2,1H3,(H,11,12,13);. The van der Waals surface area contributed by atoms with Gasteiger partial charge in [-0.05, 0) is 18.2 Å². The smallest absolute Gasteiger partial charge is 0.298 e. The Bertz CT molecular complexity index is 462. The molecule has 0 saturated heterocycles. The van der Waals surface area contributed by atoms with Crippen LogP contribution < -0.4 is 4.74 Å². The molecule has 91 valence electrons. The molecule has 0 aliphatic carbocycles. The topological polar surface area (TPSA) is 72.8 Å². The number of benzene rings is 1. The third-order valence-electron chi connectivity index (χ3n) is 1.73. The molecule has 0 amide bonds. The monoisotopic (exact) mass is 289 g/mol. The quantitative estimate of drug-likeness (QED) is 0.501. The van der Waals surface area contributed by atoms with Crippen LogP contribution in [0, 0.1) is 0 Å². The van der Waals surface area contributed by atoms with E-state index in [0.29, 0.717) is 6.61 Å². The predicted octanol–water partition coefficient (Wildman–Crippen LogP) is 1.23.